The lowest BCUT2D eigenvalue weighted by Crippen LogP contribution is -2.58. The number of para-hydroxylation sites is 2. The average molecular weight is 789 g/mol. The molecule has 2 saturated carbocycles. The number of nitrogens with zero attached hydrogens (tertiary/aromatic N) is 4. The van der Waals surface area contributed by atoms with Gasteiger partial charge in [0.1, 0.15) is 35.1 Å². The number of allylic oxidation sites excluding steroid dienone is 1. The SMILES string of the molecule is CC(C)(C)OC(=O)N[C@@H]1CCCCC/C=C\C2C[C@@]2(C(=O)NS(=O)(=O)C2CC2)NC(=O)[C@@H]2C[C@@H](Oc3nc4ccccc4nc3Nc3ccccn3)CN2C1=O. The molecule has 5 atom stereocenters. The number of anilines is 2. The summed E-state index contributed by atoms with van der Waals surface area (Å²) in [7, 11) is -3.91. The van der Waals surface area contributed by atoms with Crippen LogP contribution in [0.4, 0.5) is 16.4 Å². The van der Waals surface area contributed by atoms with Gasteiger partial charge in [-0.15, -0.1) is 0 Å². The lowest BCUT2D eigenvalue weighted by atomic mass is 10.0. The third kappa shape index (κ3) is 9.03. The lowest BCUT2D eigenvalue weighted by Gasteiger charge is -2.30. The van der Waals surface area contributed by atoms with E-state index in [2.05, 4.69) is 25.7 Å². The number of nitrogens with one attached hydrogen (secondary N) is 4. The summed E-state index contributed by atoms with van der Waals surface area (Å²) in [5.74, 6) is -1.54. The van der Waals surface area contributed by atoms with Crippen molar-refractivity contribution < 1.29 is 37.1 Å². The summed E-state index contributed by atoms with van der Waals surface area (Å²) in [6.45, 7) is 5.10. The highest BCUT2D eigenvalue weighted by Gasteiger charge is 2.62. The van der Waals surface area contributed by atoms with Crippen molar-refractivity contribution in [2.24, 2.45) is 5.92 Å². The van der Waals surface area contributed by atoms with Gasteiger partial charge in [-0.2, -0.15) is 0 Å². The Morgan fingerprint density at radius 3 is 2.45 bits per heavy atom. The molecule has 0 radical (unpaired) electrons. The van der Waals surface area contributed by atoms with Crippen LogP contribution in [0.5, 0.6) is 5.88 Å². The summed E-state index contributed by atoms with van der Waals surface area (Å²) in [5, 5.41) is 8.14. The Hall–Kier alpha value is -5.32. The first kappa shape index (κ1) is 38.9. The first-order valence-corrected chi connectivity index (χ1v) is 20.7. The second-order valence-electron chi connectivity index (χ2n) is 15.9. The van der Waals surface area contributed by atoms with Gasteiger partial charge in [-0.05, 0) is 83.6 Å². The smallest absolute Gasteiger partial charge is 0.408 e. The highest BCUT2D eigenvalue weighted by Crippen LogP contribution is 2.46. The summed E-state index contributed by atoms with van der Waals surface area (Å²) < 4.78 is 40.0. The van der Waals surface area contributed by atoms with Gasteiger partial charge in [-0.25, -0.2) is 28.2 Å². The molecule has 2 aliphatic carbocycles. The minimum atomic E-state index is -3.91. The number of benzene rings is 1. The molecule has 298 valence electrons. The van der Waals surface area contributed by atoms with E-state index in [4.69, 9.17) is 19.4 Å². The summed E-state index contributed by atoms with van der Waals surface area (Å²) in [4.78, 5) is 71.0. The molecule has 17 heteroatoms. The Morgan fingerprint density at radius 1 is 0.982 bits per heavy atom. The van der Waals surface area contributed by atoms with Crippen molar-refractivity contribution in [2.75, 3.05) is 11.9 Å². The zero-order valence-electron chi connectivity index (χ0n) is 31.7. The number of rotatable bonds is 8. The van der Waals surface area contributed by atoms with Crippen LogP contribution in [0.1, 0.15) is 78.6 Å². The monoisotopic (exact) mass is 788 g/mol. The fourth-order valence-electron chi connectivity index (χ4n) is 7.16. The van der Waals surface area contributed by atoms with Crippen LogP contribution in [0.25, 0.3) is 11.0 Å². The van der Waals surface area contributed by atoms with Gasteiger partial charge in [-0.3, -0.25) is 19.1 Å². The van der Waals surface area contributed by atoms with Crippen molar-refractivity contribution in [1.29, 1.82) is 0 Å². The van der Waals surface area contributed by atoms with Gasteiger partial charge in [-0.1, -0.05) is 43.2 Å². The molecular weight excluding hydrogens is 741 g/mol. The average Bonchev–Trinajstić information content (AvgIpc) is 4.07. The molecule has 1 aromatic carbocycles. The normalized spacial score (nSPS) is 26.4. The largest absolute Gasteiger partial charge is 0.470 e. The van der Waals surface area contributed by atoms with E-state index in [1.165, 1.54) is 4.90 Å². The number of pyridine rings is 1. The summed E-state index contributed by atoms with van der Waals surface area (Å²) in [6, 6.07) is 10.4. The molecule has 1 unspecified atom stereocenters. The van der Waals surface area contributed by atoms with Gasteiger partial charge in [0.25, 0.3) is 11.8 Å². The molecule has 2 aromatic heterocycles. The third-order valence-corrected chi connectivity index (χ3v) is 12.1. The molecule has 16 nitrogen and oxygen atoms in total. The van der Waals surface area contributed by atoms with Crippen LogP contribution >= 0.6 is 0 Å². The molecule has 56 heavy (non-hydrogen) atoms. The second-order valence-corrected chi connectivity index (χ2v) is 17.9. The molecule has 0 spiro atoms. The maximum absolute atomic E-state index is 14.6. The topological polar surface area (TPSA) is 211 Å². The van der Waals surface area contributed by atoms with Crippen LogP contribution in [0.3, 0.4) is 0 Å². The quantitative estimate of drug-likeness (QED) is 0.239. The number of hydrogen-bond acceptors (Lipinski definition) is 12. The van der Waals surface area contributed by atoms with E-state index in [1.807, 2.05) is 36.4 Å². The van der Waals surface area contributed by atoms with Gasteiger partial charge in [0.05, 0.1) is 22.8 Å². The molecule has 4 amide bonds. The number of hydrogen-bond donors (Lipinski definition) is 4. The van der Waals surface area contributed by atoms with Crippen molar-refractivity contribution in [3.8, 4) is 5.88 Å². The molecule has 4 aliphatic rings. The number of amides is 4. The summed E-state index contributed by atoms with van der Waals surface area (Å²) >= 11 is 0. The van der Waals surface area contributed by atoms with Gasteiger partial charge in [0, 0.05) is 18.5 Å². The fraction of sp³-hybridized carbons (Fsp3) is 0.513. The van der Waals surface area contributed by atoms with Crippen molar-refractivity contribution in [3.05, 3.63) is 60.8 Å². The van der Waals surface area contributed by atoms with Crippen LogP contribution in [0, 0.1) is 5.92 Å². The van der Waals surface area contributed by atoms with Crippen molar-refractivity contribution >= 4 is 56.5 Å². The van der Waals surface area contributed by atoms with Crippen molar-refractivity contribution in [1.82, 2.24) is 35.2 Å². The second kappa shape index (κ2) is 15.7. The first-order chi connectivity index (χ1) is 26.7. The maximum atomic E-state index is 14.6. The van der Waals surface area contributed by atoms with Gasteiger partial charge < -0.3 is 30.3 Å². The van der Waals surface area contributed by atoms with Crippen LogP contribution in [0.2, 0.25) is 0 Å². The predicted octanol–water partition coefficient (Wildman–Crippen LogP) is 4.01. The zero-order valence-corrected chi connectivity index (χ0v) is 32.5. The van der Waals surface area contributed by atoms with Crippen LogP contribution in [-0.4, -0.2) is 93.2 Å². The molecular formula is C39H48N8O8S. The van der Waals surface area contributed by atoms with E-state index >= 15 is 0 Å². The zero-order chi connectivity index (χ0) is 39.7. The van der Waals surface area contributed by atoms with Gasteiger partial charge in [0.2, 0.25) is 21.8 Å². The Bertz CT molecular complexity index is 2120. The third-order valence-electron chi connectivity index (χ3n) is 10.3. The van der Waals surface area contributed by atoms with Crippen LogP contribution in [0.15, 0.2) is 60.8 Å². The number of sulfonamides is 1. The molecule has 7 rings (SSSR count). The Balaban J connectivity index is 1.21. The number of aromatic nitrogens is 3. The fourth-order valence-corrected chi connectivity index (χ4v) is 8.52. The Kier molecular flexibility index (Phi) is 10.9. The molecule has 1 saturated heterocycles. The maximum Gasteiger partial charge on any atom is 0.408 e. The van der Waals surface area contributed by atoms with Crippen molar-refractivity contribution in [2.45, 2.75) is 113 Å². The van der Waals surface area contributed by atoms with E-state index in [-0.39, 0.29) is 31.1 Å². The van der Waals surface area contributed by atoms with E-state index in [0.29, 0.717) is 49.0 Å². The highest BCUT2D eigenvalue weighted by atomic mass is 32.2. The molecule has 3 fully saturated rings. The lowest BCUT2D eigenvalue weighted by molar-refractivity contribution is -0.141. The van der Waals surface area contributed by atoms with E-state index in [9.17, 15) is 27.6 Å². The number of carbonyl (C=O) groups is 4. The molecule has 2 aliphatic heterocycles. The van der Waals surface area contributed by atoms with Crippen LogP contribution < -0.4 is 25.4 Å². The minimum Gasteiger partial charge on any atom is -0.470 e. The summed E-state index contributed by atoms with van der Waals surface area (Å²) in [6.07, 6.45) is 8.09. The molecule has 4 N–H and O–H groups in total. The Morgan fingerprint density at radius 2 is 1.73 bits per heavy atom. The number of ether oxygens (including phenoxy) is 2. The van der Waals surface area contributed by atoms with E-state index in [1.54, 1.807) is 45.2 Å². The van der Waals surface area contributed by atoms with Gasteiger partial charge in [0.15, 0.2) is 5.82 Å². The first-order valence-electron chi connectivity index (χ1n) is 19.2. The molecule has 4 heterocycles. The minimum absolute atomic E-state index is 0.00710. The molecule has 0 bridgehead atoms. The van der Waals surface area contributed by atoms with E-state index < -0.39 is 74.3 Å². The van der Waals surface area contributed by atoms with Crippen LogP contribution in [-0.2, 0) is 29.1 Å². The van der Waals surface area contributed by atoms with Crippen molar-refractivity contribution in [3.63, 3.8) is 0 Å². The standard InChI is InChI=1S/C39H48N8O8S/c1-38(2,3)55-37(51)43-29-16-8-6-4-5-7-13-24-22-39(24,36(50)46-56(52,53)26-18-19-26)45-33(48)30-21-25(23-47(30)35(29)49)54-34-32(44-31-17-11-12-20-40-31)41-27-14-9-10-15-28(27)42-34/h7,9-15,17,20,24-26,29-30H,4-6,8,16,18-19,21-23H2,1-3H3,(H,43,51)(H,45,48)(H,46,50)(H,40,41,44)/b13-7-/t24?,25-,29-,30+,39-/m1/s1. The number of alkyl carbamates (subject to hydrolysis) is 1. The van der Waals surface area contributed by atoms with Gasteiger partial charge >= 0.3 is 6.09 Å². The number of carbonyl (C=O) groups excluding carboxylic acids is 4. The molecule has 3 aromatic rings. The number of fused-ring (bicyclic) bond motifs is 3. The Labute approximate surface area is 325 Å². The highest BCUT2D eigenvalue weighted by molar-refractivity contribution is 7.91. The van der Waals surface area contributed by atoms with E-state index in [0.717, 1.165) is 12.8 Å². The predicted molar refractivity (Wildman–Crippen MR) is 206 cm³/mol. The summed E-state index contributed by atoms with van der Waals surface area (Å²) in [5.41, 5.74) is -1.19.